The number of aryl methyl sites for hydroxylation is 2. The molecule has 0 fully saturated rings. The minimum absolute atomic E-state index is 0.0864. The first kappa shape index (κ1) is 19.2. The van der Waals surface area contributed by atoms with E-state index in [4.69, 9.17) is 4.74 Å². The molecule has 144 valence electrons. The number of benzene rings is 2. The molecule has 1 unspecified atom stereocenters. The van der Waals surface area contributed by atoms with Gasteiger partial charge in [0, 0.05) is 6.54 Å². The smallest absolute Gasteiger partial charge is 0.258 e. The van der Waals surface area contributed by atoms with Gasteiger partial charge in [-0.15, -0.1) is 0 Å². The molecule has 0 spiro atoms. The van der Waals surface area contributed by atoms with Crippen molar-refractivity contribution in [2.45, 2.75) is 26.3 Å². The second kappa shape index (κ2) is 7.60. The maximum absolute atomic E-state index is 12.4. The second-order valence-corrected chi connectivity index (χ2v) is 8.74. The van der Waals surface area contributed by atoms with Gasteiger partial charge in [-0.3, -0.25) is 9.10 Å². The fourth-order valence-corrected chi connectivity index (χ4v) is 4.18. The zero-order valence-corrected chi connectivity index (χ0v) is 16.5. The van der Waals surface area contributed by atoms with Gasteiger partial charge in [0.05, 0.1) is 18.0 Å². The van der Waals surface area contributed by atoms with Gasteiger partial charge in [-0.25, -0.2) is 8.42 Å². The highest BCUT2D eigenvalue weighted by Gasteiger charge is 2.30. The third kappa shape index (κ3) is 4.42. The third-order valence-electron chi connectivity index (χ3n) is 4.79. The van der Waals surface area contributed by atoms with Crippen molar-refractivity contribution in [1.82, 2.24) is 5.32 Å². The lowest BCUT2D eigenvalue weighted by Crippen LogP contribution is -2.41. The summed E-state index contributed by atoms with van der Waals surface area (Å²) in [6, 6.07) is 12.7. The summed E-state index contributed by atoms with van der Waals surface area (Å²) in [5.41, 5.74) is 3.69. The molecule has 1 atom stereocenters. The van der Waals surface area contributed by atoms with Crippen molar-refractivity contribution >= 4 is 21.6 Å². The number of sulfonamides is 1. The number of fused-ring (bicyclic) bond motifs is 1. The first-order valence-electron chi connectivity index (χ1n) is 8.82. The van der Waals surface area contributed by atoms with Gasteiger partial charge in [-0.2, -0.15) is 0 Å². The molecule has 0 aromatic heterocycles. The molecule has 0 saturated carbocycles. The first-order chi connectivity index (χ1) is 12.8. The molecule has 0 bridgehead atoms. The third-order valence-corrected chi connectivity index (χ3v) is 5.97. The Hall–Kier alpha value is -2.54. The molecule has 1 amide bonds. The Morgan fingerprint density at radius 3 is 2.63 bits per heavy atom. The van der Waals surface area contributed by atoms with Gasteiger partial charge in [-0.05, 0) is 55.2 Å². The molecule has 27 heavy (non-hydrogen) atoms. The van der Waals surface area contributed by atoms with Crippen LogP contribution >= 0.6 is 0 Å². The van der Waals surface area contributed by atoms with Crippen LogP contribution < -0.4 is 14.4 Å². The van der Waals surface area contributed by atoms with E-state index in [1.54, 1.807) is 12.1 Å². The largest absolute Gasteiger partial charge is 0.484 e. The van der Waals surface area contributed by atoms with Gasteiger partial charge >= 0.3 is 0 Å². The standard InChI is InChI=1S/C20H24N2O4S/c1-14-8-9-16(12-15(14)2)26-13-20(23)21-18-10-11-22(27(3,24)25)19-7-5-4-6-17(18)19/h4-9,12,18H,10-11,13H2,1-3H3,(H,21,23). The van der Waals surface area contributed by atoms with Gasteiger partial charge in [0.2, 0.25) is 10.0 Å². The lowest BCUT2D eigenvalue weighted by atomic mass is 9.98. The number of ether oxygens (including phenoxy) is 1. The molecule has 1 aliphatic heterocycles. The second-order valence-electron chi connectivity index (χ2n) is 6.84. The number of carbonyl (C=O) groups is 1. The van der Waals surface area contributed by atoms with Crippen molar-refractivity contribution < 1.29 is 17.9 Å². The molecule has 6 nitrogen and oxygen atoms in total. The Labute approximate surface area is 160 Å². The van der Waals surface area contributed by atoms with E-state index in [1.165, 1.54) is 16.1 Å². The fraction of sp³-hybridized carbons (Fsp3) is 0.350. The van der Waals surface area contributed by atoms with Crippen molar-refractivity contribution in [2.75, 3.05) is 23.7 Å². The number of nitrogens with one attached hydrogen (secondary N) is 1. The van der Waals surface area contributed by atoms with Crippen molar-refractivity contribution in [3.63, 3.8) is 0 Å². The van der Waals surface area contributed by atoms with Crippen LogP contribution in [0.5, 0.6) is 5.75 Å². The molecule has 0 radical (unpaired) electrons. The van der Waals surface area contributed by atoms with Gasteiger partial charge in [0.15, 0.2) is 6.61 Å². The van der Waals surface area contributed by atoms with Gasteiger partial charge in [0.25, 0.3) is 5.91 Å². The Morgan fingerprint density at radius 2 is 1.93 bits per heavy atom. The van der Waals surface area contributed by atoms with Crippen molar-refractivity contribution in [3.8, 4) is 5.75 Å². The van der Waals surface area contributed by atoms with Crippen LogP contribution in [0.15, 0.2) is 42.5 Å². The summed E-state index contributed by atoms with van der Waals surface area (Å²) in [4.78, 5) is 12.4. The molecule has 0 saturated heterocycles. The summed E-state index contributed by atoms with van der Waals surface area (Å²) in [5, 5.41) is 2.96. The SMILES string of the molecule is Cc1ccc(OCC(=O)NC2CCN(S(C)(=O)=O)c3ccccc32)cc1C. The Kier molecular flexibility index (Phi) is 5.41. The van der Waals surface area contributed by atoms with Crippen LogP contribution in [0.3, 0.4) is 0 Å². The quantitative estimate of drug-likeness (QED) is 0.855. The molecule has 7 heteroatoms. The highest BCUT2D eigenvalue weighted by Crippen LogP contribution is 2.34. The van der Waals surface area contributed by atoms with E-state index in [0.717, 1.165) is 11.1 Å². The van der Waals surface area contributed by atoms with Crippen LogP contribution in [0.1, 0.15) is 29.2 Å². The van der Waals surface area contributed by atoms with Crippen molar-refractivity contribution in [3.05, 3.63) is 59.2 Å². The van der Waals surface area contributed by atoms with Gasteiger partial charge in [0.1, 0.15) is 5.75 Å². The average molecular weight is 388 g/mol. The van der Waals surface area contributed by atoms with Crippen molar-refractivity contribution in [2.24, 2.45) is 0 Å². The lowest BCUT2D eigenvalue weighted by Gasteiger charge is -2.34. The molecule has 2 aromatic rings. The van der Waals surface area contributed by atoms with Crippen LogP contribution in [-0.2, 0) is 14.8 Å². The van der Waals surface area contributed by atoms with E-state index in [9.17, 15) is 13.2 Å². The number of carbonyl (C=O) groups excluding carboxylic acids is 1. The molecular weight excluding hydrogens is 364 g/mol. The predicted octanol–water partition coefficient (Wildman–Crippen LogP) is 2.71. The van der Waals surface area contributed by atoms with E-state index < -0.39 is 10.0 Å². The minimum Gasteiger partial charge on any atom is -0.484 e. The Bertz CT molecular complexity index is 956. The first-order valence-corrected chi connectivity index (χ1v) is 10.7. The molecule has 1 heterocycles. The monoisotopic (exact) mass is 388 g/mol. The number of rotatable bonds is 5. The van der Waals surface area contributed by atoms with Crippen molar-refractivity contribution in [1.29, 1.82) is 0 Å². The summed E-state index contributed by atoms with van der Waals surface area (Å²) in [5.74, 6) is 0.418. The molecule has 0 aliphatic carbocycles. The Balaban J connectivity index is 1.68. The fourth-order valence-electron chi connectivity index (χ4n) is 3.21. The van der Waals surface area contributed by atoms with Crippen LogP contribution in [0, 0.1) is 13.8 Å². The van der Waals surface area contributed by atoms with E-state index in [1.807, 2.05) is 44.2 Å². The molecule has 3 rings (SSSR count). The maximum atomic E-state index is 12.4. The van der Waals surface area contributed by atoms with Crippen LogP contribution in [-0.4, -0.2) is 33.7 Å². The molecular formula is C20H24N2O4S. The summed E-state index contributed by atoms with van der Waals surface area (Å²) in [6.45, 7) is 4.26. The molecule has 2 aromatic carbocycles. The summed E-state index contributed by atoms with van der Waals surface area (Å²) in [7, 11) is -3.35. The molecule has 1 aliphatic rings. The van der Waals surface area contributed by atoms with E-state index in [2.05, 4.69) is 5.32 Å². The number of amides is 1. The lowest BCUT2D eigenvalue weighted by molar-refractivity contribution is -0.123. The number of hydrogen-bond acceptors (Lipinski definition) is 4. The normalized spacial score (nSPS) is 16.6. The number of para-hydroxylation sites is 1. The summed E-state index contributed by atoms with van der Waals surface area (Å²) in [6.07, 6.45) is 1.71. The zero-order valence-electron chi connectivity index (χ0n) is 15.7. The average Bonchev–Trinajstić information content (AvgIpc) is 2.62. The van der Waals surface area contributed by atoms with E-state index in [-0.39, 0.29) is 18.6 Å². The van der Waals surface area contributed by atoms with Crippen LogP contribution in [0.2, 0.25) is 0 Å². The summed E-state index contributed by atoms with van der Waals surface area (Å²) >= 11 is 0. The topological polar surface area (TPSA) is 75.7 Å². The van der Waals surface area contributed by atoms with Crippen LogP contribution in [0.4, 0.5) is 5.69 Å². The summed E-state index contributed by atoms with van der Waals surface area (Å²) < 4.78 is 31.0. The van der Waals surface area contributed by atoms with Gasteiger partial charge in [-0.1, -0.05) is 24.3 Å². The minimum atomic E-state index is -3.35. The van der Waals surface area contributed by atoms with Crippen LogP contribution in [0.25, 0.3) is 0 Å². The van der Waals surface area contributed by atoms with Gasteiger partial charge < -0.3 is 10.1 Å². The number of nitrogens with zero attached hydrogens (tertiary/aromatic N) is 1. The Morgan fingerprint density at radius 1 is 1.19 bits per heavy atom. The van der Waals surface area contributed by atoms with E-state index in [0.29, 0.717) is 24.4 Å². The number of anilines is 1. The maximum Gasteiger partial charge on any atom is 0.258 e. The predicted molar refractivity (Wildman–Crippen MR) is 106 cm³/mol. The number of hydrogen-bond donors (Lipinski definition) is 1. The highest BCUT2D eigenvalue weighted by molar-refractivity contribution is 7.92. The van der Waals surface area contributed by atoms with E-state index >= 15 is 0 Å². The zero-order chi connectivity index (χ0) is 19.6. The highest BCUT2D eigenvalue weighted by atomic mass is 32.2. The molecule has 1 N–H and O–H groups in total.